The molecular weight excluding hydrogens is 407 g/mol. The number of halogens is 1. The molecule has 1 aliphatic rings. The Hall–Kier alpha value is -3.19. The molecule has 168 valence electrons. The summed E-state index contributed by atoms with van der Waals surface area (Å²) < 4.78 is 20.5. The van der Waals surface area contributed by atoms with E-state index in [4.69, 9.17) is 4.74 Å². The third-order valence-electron chi connectivity index (χ3n) is 5.86. The first-order valence-corrected chi connectivity index (χ1v) is 11.1. The smallest absolute Gasteiger partial charge is 0.254 e. The van der Waals surface area contributed by atoms with Crippen molar-refractivity contribution >= 4 is 5.91 Å². The van der Waals surface area contributed by atoms with E-state index in [0.717, 1.165) is 30.0 Å². The highest BCUT2D eigenvalue weighted by Gasteiger charge is 2.19. The van der Waals surface area contributed by atoms with Crippen molar-refractivity contribution in [1.29, 1.82) is 0 Å². The second-order valence-corrected chi connectivity index (χ2v) is 8.21. The number of amides is 1. The van der Waals surface area contributed by atoms with E-state index >= 15 is 0 Å². The molecule has 7 heteroatoms. The zero-order valence-corrected chi connectivity index (χ0v) is 18.3. The van der Waals surface area contributed by atoms with Crippen LogP contribution >= 0.6 is 0 Å². The summed E-state index contributed by atoms with van der Waals surface area (Å²) in [5.41, 5.74) is 2.14. The second kappa shape index (κ2) is 10.4. The number of aromatic nitrogens is 2. The minimum absolute atomic E-state index is 0.229. The Morgan fingerprint density at radius 1 is 1.19 bits per heavy atom. The number of likely N-dealkylation sites (tertiary alicyclic amines) is 1. The number of hydrogen-bond donors (Lipinski definition) is 1. The average molecular weight is 437 g/mol. The van der Waals surface area contributed by atoms with E-state index in [1.54, 1.807) is 23.0 Å². The van der Waals surface area contributed by atoms with Crippen molar-refractivity contribution in [2.45, 2.75) is 38.8 Å². The fourth-order valence-corrected chi connectivity index (χ4v) is 3.95. The summed E-state index contributed by atoms with van der Waals surface area (Å²) in [4.78, 5) is 14.9. The lowest BCUT2D eigenvalue weighted by Gasteiger charge is -2.20. The van der Waals surface area contributed by atoms with Gasteiger partial charge in [-0.2, -0.15) is 5.10 Å². The van der Waals surface area contributed by atoms with Gasteiger partial charge >= 0.3 is 0 Å². The molecule has 1 aromatic heterocycles. The number of benzene rings is 2. The van der Waals surface area contributed by atoms with Gasteiger partial charge in [-0.25, -0.2) is 9.07 Å². The largest absolute Gasteiger partial charge is 0.494 e. The Labute approximate surface area is 188 Å². The van der Waals surface area contributed by atoms with Gasteiger partial charge in [-0.05, 0) is 74.7 Å². The second-order valence-electron chi connectivity index (χ2n) is 8.21. The molecule has 2 heterocycles. The Bertz CT molecular complexity index is 1020. The molecule has 2 aromatic carbocycles. The van der Waals surface area contributed by atoms with Gasteiger partial charge in [-0.15, -0.1) is 0 Å². The Balaban J connectivity index is 1.25. The molecule has 4 rings (SSSR count). The van der Waals surface area contributed by atoms with E-state index < -0.39 is 0 Å². The highest BCUT2D eigenvalue weighted by molar-refractivity contribution is 5.93. The average Bonchev–Trinajstić information content (AvgIpc) is 3.46. The first-order valence-electron chi connectivity index (χ1n) is 11.1. The summed E-state index contributed by atoms with van der Waals surface area (Å²) in [6.07, 6.45) is 6.83. The van der Waals surface area contributed by atoms with Crippen molar-refractivity contribution in [2.24, 2.45) is 0 Å². The molecule has 32 heavy (non-hydrogen) atoms. The molecule has 6 nitrogen and oxygen atoms in total. The maximum atomic E-state index is 13.0. The van der Waals surface area contributed by atoms with Crippen molar-refractivity contribution in [3.8, 4) is 11.4 Å². The molecule has 0 aliphatic carbocycles. The normalized spacial score (nSPS) is 16.2. The van der Waals surface area contributed by atoms with Gasteiger partial charge in [0.2, 0.25) is 0 Å². The van der Waals surface area contributed by atoms with Crippen molar-refractivity contribution in [3.63, 3.8) is 0 Å². The lowest BCUT2D eigenvalue weighted by atomic mass is 10.2. The molecule has 1 fully saturated rings. The minimum atomic E-state index is -0.297. The molecule has 1 N–H and O–H groups in total. The van der Waals surface area contributed by atoms with Crippen LogP contribution in [-0.2, 0) is 6.54 Å². The molecule has 0 radical (unpaired) electrons. The SMILES string of the molecule is CC1CCCN1CCCOc1ccc(-n2cc(C(=O)NCc3ccc(F)cc3)cn2)cc1. The van der Waals surface area contributed by atoms with Crippen molar-refractivity contribution in [1.82, 2.24) is 20.0 Å². The molecule has 0 saturated carbocycles. The maximum Gasteiger partial charge on any atom is 0.254 e. The van der Waals surface area contributed by atoms with E-state index in [1.165, 1.54) is 37.7 Å². The quantitative estimate of drug-likeness (QED) is 0.511. The minimum Gasteiger partial charge on any atom is -0.494 e. The molecule has 1 saturated heterocycles. The summed E-state index contributed by atoms with van der Waals surface area (Å²) in [6.45, 7) is 5.60. The third kappa shape index (κ3) is 5.73. The molecule has 1 amide bonds. The fourth-order valence-electron chi connectivity index (χ4n) is 3.95. The van der Waals surface area contributed by atoms with Gasteiger partial charge < -0.3 is 15.0 Å². The predicted octanol–water partition coefficient (Wildman–Crippen LogP) is 4.19. The number of nitrogens with zero attached hydrogens (tertiary/aromatic N) is 3. The first kappa shape index (κ1) is 22.0. The van der Waals surface area contributed by atoms with E-state index in [9.17, 15) is 9.18 Å². The number of hydrogen-bond acceptors (Lipinski definition) is 4. The van der Waals surface area contributed by atoms with Crippen LogP contribution in [0.1, 0.15) is 42.1 Å². The van der Waals surface area contributed by atoms with Gasteiger partial charge in [-0.1, -0.05) is 12.1 Å². The van der Waals surface area contributed by atoms with E-state index in [1.807, 2.05) is 24.3 Å². The third-order valence-corrected chi connectivity index (χ3v) is 5.86. The predicted molar refractivity (Wildman–Crippen MR) is 122 cm³/mol. The van der Waals surface area contributed by atoms with E-state index in [-0.39, 0.29) is 11.7 Å². The summed E-state index contributed by atoms with van der Waals surface area (Å²) in [6, 6.07) is 14.4. The molecule has 0 spiro atoms. The maximum absolute atomic E-state index is 13.0. The lowest BCUT2D eigenvalue weighted by Crippen LogP contribution is -2.28. The van der Waals surface area contributed by atoms with Crippen LogP contribution in [0.2, 0.25) is 0 Å². The Kier molecular flexibility index (Phi) is 7.17. The number of rotatable bonds is 9. The molecule has 3 aromatic rings. The van der Waals surface area contributed by atoms with Gasteiger partial charge in [0.05, 0.1) is 24.1 Å². The van der Waals surface area contributed by atoms with Crippen LogP contribution in [0.5, 0.6) is 5.75 Å². The standard InChI is InChI=1S/C25H29FN4O2/c1-19-4-2-13-29(19)14-3-15-32-24-11-9-23(10-12-24)30-18-21(17-28-30)25(31)27-16-20-5-7-22(26)8-6-20/h5-12,17-19H,2-4,13-16H2,1H3,(H,27,31). The molecule has 1 unspecified atom stereocenters. The number of carbonyl (C=O) groups is 1. The van der Waals surface area contributed by atoms with Crippen LogP contribution in [0.4, 0.5) is 4.39 Å². The van der Waals surface area contributed by atoms with Crippen LogP contribution in [-0.4, -0.2) is 46.3 Å². The summed E-state index contributed by atoms with van der Waals surface area (Å²) >= 11 is 0. The van der Waals surface area contributed by atoms with Crippen molar-refractivity contribution in [3.05, 3.63) is 77.9 Å². The Morgan fingerprint density at radius 3 is 2.69 bits per heavy atom. The number of ether oxygens (including phenoxy) is 1. The summed E-state index contributed by atoms with van der Waals surface area (Å²) in [5, 5.41) is 7.11. The van der Waals surface area contributed by atoms with Crippen LogP contribution < -0.4 is 10.1 Å². The molecule has 1 atom stereocenters. The fraction of sp³-hybridized carbons (Fsp3) is 0.360. The Morgan fingerprint density at radius 2 is 1.97 bits per heavy atom. The van der Waals surface area contributed by atoms with Crippen LogP contribution in [0.15, 0.2) is 60.9 Å². The molecular formula is C25H29FN4O2. The monoisotopic (exact) mass is 436 g/mol. The first-order chi connectivity index (χ1) is 15.6. The lowest BCUT2D eigenvalue weighted by molar-refractivity contribution is 0.0951. The van der Waals surface area contributed by atoms with Gasteiger partial charge in [0.25, 0.3) is 5.91 Å². The van der Waals surface area contributed by atoms with Gasteiger partial charge in [0.15, 0.2) is 0 Å². The zero-order valence-electron chi connectivity index (χ0n) is 18.3. The van der Waals surface area contributed by atoms with Crippen LogP contribution in [0.25, 0.3) is 5.69 Å². The molecule has 1 aliphatic heterocycles. The van der Waals surface area contributed by atoms with Gasteiger partial charge in [0, 0.05) is 25.3 Å². The van der Waals surface area contributed by atoms with Crippen LogP contribution in [0, 0.1) is 5.82 Å². The highest BCUT2D eigenvalue weighted by Crippen LogP contribution is 2.18. The van der Waals surface area contributed by atoms with E-state index in [0.29, 0.717) is 24.8 Å². The molecule has 0 bridgehead atoms. The zero-order chi connectivity index (χ0) is 22.3. The summed E-state index contributed by atoms with van der Waals surface area (Å²) in [7, 11) is 0. The van der Waals surface area contributed by atoms with Gasteiger partial charge in [0.1, 0.15) is 11.6 Å². The number of carbonyl (C=O) groups excluding carboxylic acids is 1. The number of nitrogens with one attached hydrogen (secondary N) is 1. The van der Waals surface area contributed by atoms with Crippen molar-refractivity contribution < 1.29 is 13.9 Å². The van der Waals surface area contributed by atoms with Crippen LogP contribution in [0.3, 0.4) is 0 Å². The van der Waals surface area contributed by atoms with Gasteiger partial charge in [-0.3, -0.25) is 4.79 Å². The highest BCUT2D eigenvalue weighted by atomic mass is 19.1. The van der Waals surface area contributed by atoms with E-state index in [2.05, 4.69) is 22.2 Å². The topological polar surface area (TPSA) is 59.4 Å². The summed E-state index contributed by atoms with van der Waals surface area (Å²) in [5.74, 6) is 0.301. The van der Waals surface area contributed by atoms with Crippen molar-refractivity contribution in [2.75, 3.05) is 19.7 Å².